The molecule has 0 bridgehead atoms. The zero-order chi connectivity index (χ0) is 36.1. The first-order valence-corrected chi connectivity index (χ1v) is 21.7. The predicted molar refractivity (Wildman–Crippen MR) is 201 cm³/mol. The molecule has 0 spiro atoms. The summed E-state index contributed by atoms with van der Waals surface area (Å²) >= 11 is 0. The van der Waals surface area contributed by atoms with E-state index >= 15 is 0 Å². The Kier molecular flexibility index (Phi) is 35.6. The number of hydrogen-bond acceptors (Lipinski definition) is 8. The monoisotopic (exact) mass is 718 g/mol. The Bertz CT molecular complexity index is 825. The van der Waals surface area contributed by atoms with Crippen LogP contribution in [-0.4, -0.2) is 49.3 Å². The van der Waals surface area contributed by atoms with Gasteiger partial charge in [0, 0.05) is 19.4 Å². The lowest BCUT2D eigenvalue weighted by Crippen LogP contribution is -2.29. The number of rotatable bonds is 38. The Morgan fingerprint density at radius 2 is 1.00 bits per heavy atom. The summed E-state index contributed by atoms with van der Waals surface area (Å²) in [4.78, 5) is 34.7. The molecule has 0 aromatic carbocycles. The zero-order valence-electron chi connectivity index (χ0n) is 31.7. The third-order valence-electron chi connectivity index (χ3n) is 8.65. The molecule has 2 atom stereocenters. The largest absolute Gasteiger partial charge is 0.472 e. The molecule has 0 aromatic rings. The molecule has 0 saturated carbocycles. The first-order valence-electron chi connectivity index (χ1n) is 20.2. The minimum absolute atomic E-state index is 0.0546. The summed E-state index contributed by atoms with van der Waals surface area (Å²) in [7, 11) is -4.37. The molecule has 0 radical (unpaired) electrons. The highest BCUT2D eigenvalue weighted by molar-refractivity contribution is 7.47. The maximum Gasteiger partial charge on any atom is 0.472 e. The molecular weight excluding hydrogens is 641 g/mol. The van der Waals surface area contributed by atoms with Gasteiger partial charge >= 0.3 is 19.8 Å². The van der Waals surface area contributed by atoms with E-state index in [0.717, 1.165) is 51.4 Å². The lowest BCUT2D eigenvalue weighted by Gasteiger charge is -2.19. The Labute approximate surface area is 300 Å². The first-order chi connectivity index (χ1) is 23.8. The highest BCUT2D eigenvalue weighted by Gasteiger charge is 2.26. The molecular formula is C39H76NO8P. The molecule has 0 amide bonds. The van der Waals surface area contributed by atoms with Crippen LogP contribution in [-0.2, 0) is 32.7 Å². The minimum Gasteiger partial charge on any atom is -0.462 e. The number of phosphoric acid groups is 1. The number of carbonyl (C=O) groups excluding carboxylic acids is 2. The van der Waals surface area contributed by atoms with Gasteiger partial charge in [-0.1, -0.05) is 154 Å². The number of phosphoric ester groups is 1. The second-order valence-electron chi connectivity index (χ2n) is 13.5. The molecule has 0 rings (SSSR count). The van der Waals surface area contributed by atoms with E-state index in [-0.39, 0.29) is 38.6 Å². The van der Waals surface area contributed by atoms with E-state index in [9.17, 15) is 19.0 Å². The van der Waals surface area contributed by atoms with Crippen molar-refractivity contribution in [2.45, 2.75) is 200 Å². The highest BCUT2D eigenvalue weighted by Crippen LogP contribution is 2.43. The average molecular weight is 718 g/mol. The van der Waals surface area contributed by atoms with E-state index < -0.39 is 26.5 Å². The van der Waals surface area contributed by atoms with Gasteiger partial charge in [-0.3, -0.25) is 18.6 Å². The van der Waals surface area contributed by atoms with Crippen molar-refractivity contribution in [1.29, 1.82) is 0 Å². The minimum atomic E-state index is -4.37. The van der Waals surface area contributed by atoms with Crippen molar-refractivity contribution in [3.63, 3.8) is 0 Å². The van der Waals surface area contributed by atoms with Crippen LogP contribution in [0, 0.1) is 0 Å². The topological polar surface area (TPSA) is 134 Å². The van der Waals surface area contributed by atoms with E-state index in [0.29, 0.717) is 6.42 Å². The van der Waals surface area contributed by atoms with Crippen molar-refractivity contribution in [2.24, 2.45) is 5.73 Å². The normalized spacial score (nSPS) is 13.5. The molecule has 290 valence electrons. The SMILES string of the molecule is CCCCCCCCC/C=C\CCCCCCCC(=O)O[C@H](COC(=O)CCCCCCCCCCCCCC)COP(=O)(O)OCCN. The first kappa shape index (κ1) is 47.8. The number of ether oxygens (including phenoxy) is 2. The van der Waals surface area contributed by atoms with Crippen molar-refractivity contribution >= 4 is 19.8 Å². The second kappa shape index (κ2) is 36.5. The van der Waals surface area contributed by atoms with Crippen LogP contribution in [0.5, 0.6) is 0 Å². The smallest absolute Gasteiger partial charge is 0.462 e. The van der Waals surface area contributed by atoms with Crippen LogP contribution in [0.1, 0.15) is 194 Å². The van der Waals surface area contributed by atoms with Crippen LogP contribution in [0.3, 0.4) is 0 Å². The highest BCUT2D eigenvalue weighted by atomic mass is 31.2. The van der Waals surface area contributed by atoms with Crippen molar-refractivity contribution in [1.82, 2.24) is 0 Å². The Balaban J connectivity index is 4.18. The van der Waals surface area contributed by atoms with Gasteiger partial charge in [0.2, 0.25) is 0 Å². The standard InChI is InChI=1S/C39H76NO8P/c1-3-5-7-9-11-13-15-17-18-19-20-22-24-26-28-30-32-39(42)48-37(36-47-49(43,44)46-34-33-40)35-45-38(41)31-29-27-25-23-21-16-14-12-10-8-6-4-2/h18-19,37H,3-17,20-36,40H2,1-2H3,(H,43,44)/b19-18-/t37-/m1/s1. The molecule has 0 saturated heterocycles. The molecule has 3 N–H and O–H groups in total. The zero-order valence-corrected chi connectivity index (χ0v) is 32.6. The van der Waals surface area contributed by atoms with Gasteiger partial charge in [-0.15, -0.1) is 0 Å². The molecule has 0 aliphatic heterocycles. The number of carbonyl (C=O) groups is 2. The van der Waals surface area contributed by atoms with Crippen LogP contribution in [0.4, 0.5) is 0 Å². The molecule has 9 nitrogen and oxygen atoms in total. The van der Waals surface area contributed by atoms with Gasteiger partial charge < -0.3 is 20.1 Å². The van der Waals surface area contributed by atoms with E-state index in [1.807, 2.05) is 0 Å². The van der Waals surface area contributed by atoms with Crippen molar-refractivity contribution < 1.29 is 37.6 Å². The van der Waals surface area contributed by atoms with Gasteiger partial charge in [0.05, 0.1) is 13.2 Å². The molecule has 1 unspecified atom stereocenters. The summed E-state index contributed by atoms with van der Waals surface area (Å²) in [6.45, 7) is 3.72. The lowest BCUT2D eigenvalue weighted by atomic mass is 10.0. The van der Waals surface area contributed by atoms with Gasteiger partial charge in [-0.2, -0.15) is 0 Å². The summed E-state index contributed by atoms with van der Waals surface area (Å²) < 4.78 is 32.7. The number of esters is 2. The molecule has 0 fully saturated rings. The number of nitrogens with two attached hydrogens (primary N) is 1. The van der Waals surface area contributed by atoms with Gasteiger partial charge in [0.25, 0.3) is 0 Å². The Morgan fingerprint density at radius 3 is 1.45 bits per heavy atom. The van der Waals surface area contributed by atoms with Crippen molar-refractivity contribution in [3.8, 4) is 0 Å². The molecule has 10 heteroatoms. The molecule has 0 aliphatic carbocycles. The van der Waals surface area contributed by atoms with Crippen LogP contribution >= 0.6 is 7.82 Å². The average Bonchev–Trinajstić information content (AvgIpc) is 3.08. The quantitative estimate of drug-likeness (QED) is 0.0277. The number of unbranched alkanes of at least 4 members (excludes halogenated alkanes) is 23. The molecule has 49 heavy (non-hydrogen) atoms. The van der Waals surface area contributed by atoms with Crippen molar-refractivity contribution in [3.05, 3.63) is 12.2 Å². The molecule has 0 aliphatic rings. The summed E-state index contributed by atoms with van der Waals surface area (Å²) in [6.07, 6.45) is 35.2. The van der Waals surface area contributed by atoms with Crippen LogP contribution in [0.2, 0.25) is 0 Å². The van der Waals surface area contributed by atoms with Crippen LogP contribution < -0.4 is 5.73 Å². The lowest BCUT2D eigenvalue weighted by molar-refractivity contribution is -0.161. The summed E-state index contributed by atoms with van der Waals surface area (Å²) in [5.74, 6) is -0.832. The fourth-order valence-corrected chi connectivity index (χ4v) is 6.39. The van der Waals surface area contributed by atoms with E-state index in [1.54, 1.807) is 0 Å². The van der Waals surface area contributed by atoms with E-state index in [1.165, 1.54) is 109 Å². The predicted octanol–water partition coefficient (Wildman–Crippen LogP) is 11.1. The summed E-state index contributed by atoms with van der Waals surface area (Å²) in [5.41, 5.74) is 5.33. The number of hydrogen-bond donors (Lipinski definition) is 2. The van der Waals surface area contributed by atoms with E-state index in [2.05, 4.69) is 26.0 Å². The third kappa shape index (κ3) is 36.3. The van der Waals surface area contributed by atoms with E-state index in [4.69, 9.17) is 24.3 Å². The maximum atomic E-state index is 12.5. The molecule has 0 heterocycles. The van der Waals surface area contributed by atoms with Crippen LogP contribution in [0.25, 0.3) is 0 Å². The van der Waals surface area contributed by atoms with Gasteiger partial charge in [-0.25, -0.2) is 4.57 Å². The summed E-state index contributed by atoms with van der Waals surface area (Å²) in [5, 5.41) is 0. The molecule has 0 aromatic heterocycles. The van der Waals surface area contributed by atoms with Gasteiger partial charge in [0.15, 0.2) is 6.10 Å². The Morgan fingerprint density at radius 1 is 0.592 bits per heavy atom. The van der Waals surface area contributed by atoms with Crippen LogP contribution in [0.15, 0.2) is 12.2 Å². The maximum absolute atomic E-state index is 12.5. The Hall–Kier alpha value is -1.25. The fourth-order valence-electron chi connectivity index (χ4n) is 5.63. The summed E-state index contributed by atoms with van der Waals surface area (Å²) in [6, 6.07) is 0. The second-order valence-corrected chi connectivity index (χ2v) is 15.0. The fraction of sp³-hybridized carbons (Fsp3) is 0.897. The van der Waals surface area contributed by atoms with Gasteiger partial charge in [0.1, 0.15) is 6.61 Å². The third-order valence-corrected chi connectivity index (χ3v) is 9.64. The number of allylic oxidation sites excluding steroid dienone is 2. The van der Waals surface area contributed by atoms with Crippen molar-refractivity contribution in [2.75, 3.05) is 26.4 Å². The van der Waals surface area contributed by atoms with Gasteiger partial charge in [-0.05, 0) is 38.5 Å².